The highest BCUT2D eigenvalue weighted by Crippen LogP contribution is 2.24. The number of aromatic amines is 1. The molecule has 0 aliphatic rings. The molecule has 0 spiro atoms. The summed E-state index contributed by atoms with van der Waals surface area (Å²) in [5.74, 6) is 1.06. The lowest BCUT2D eigenvalue weighted by molar-refractivity contribution is 0.662. The molecule has 0 saturated heterocycles. The molecule has 0 saturated carbocycles. The molecule has 1 heterocycles. The van der Waals surface area contributed by atoms with Gasteiger partial charge in [-0.2, -0.15) is 0 Å². The Morgan fingerprint density at radius 3 is 2.25 bits per heavy atom. The van der Waals surface area contributed by atoms with Crippen LogP contribution in [0.2, 0.25) is 0 Å². The molecule has 2 aromatic carbocycles. The molecule has 0 fully saturated rings. The van der Waals surface area contributed by atoms with Gasteiger partial charge in [-0.1, -0.05) is 86.8 Å². The van der Waals surface area contributed by atoms with E-state index in [2.05, 4.69) is 72.6 Å². The fourth-order valence-electron chi connectivity index (χ4n) is 3.08. The SMILES string of the molecule is CCCCCCc1[nH]c(Cc2ccccc2)nc1-c1ccccc1. The van der Waals surface area contributed by atoms with E-state index in [1.54, 1.807) is 0 Å². The summed E-state index contributed by atoms with van der Waals surface area (Å²) in [7, 11) is 0. The largest absolute Gasteiger partial charge is 0.345 e. The van der Waals surface area contributed by atoms with Gasteiger partial charge in [0.05, 0.1) is 5.69 Å². The molecule has 124 valence electrons. The zero-order valence-electron chi connectivity index (χ0n) is 14.5. The summed E-state index contributed by atoms with van der Waals surface area (Å²) >= 11 is 0. The van der Waals surface area contributed by atoms with Gasteiger partial charge in [0.2, 0.25) is 0 Å². The maximum Gasteiger partial charge on any atom is 0.111 e. The highest BCUT2D eigenvalue weighted by atomic mass is 14.9. The van der Waals surface area contributed by atoms with Gasteiger partial charge in [0.1, 0.15) is 5.82 Å². The molecule has 1 aromatic heterocycles. The van der Waals surface area contributed by atoms with E-state index in [0.717, 1.165) is 24.4 Å². The number of aryl methyl sites for hydroxylation is 1. The number of nitrogens with zero attached hydrogens (tertiary/aromatic N) is 1. The standard InChI is InChI=1S/C22H26N2/c1-2-3-4-11-16-20-22(19-14-9-6-10-15-19)24-21(23-20)17-18-12-7-5-8-13-18/h5-10,12-15H,2-4,11,16-17H2,1H3,(H,23,24). The minimum Gasteiger partial charge on any atom is -0.345 e. The Morgan fingerprint density at radius 1 is 0.833 bits per heavy atom. The average molecular weight is 318 g/mol. The van der Waals surface area contributed by atoms with E-state index in [1.807, 2.05) is 0 Å². The molecule has 0 amide bonds. The predicted molar refractivity (Wildman–Crippen MR) is 101 cm³/mol. The summed E-state index contributed by atoms with van der Waals surface area (Å²) in [5.41, 5.74) is 4.91. The molecule has 0 unspecified atom stereocenters. The number of aromatic nitrogens is 2. The van der Waals surface area contributed by atoms with Gasteiger partial charge in [0.15, 0.2) is 0 Å². The molecule has 3 rings (SSSR count). The molecule has 0 radical (unpaired) electrons. The van der Waals surface area contributed by atoms with E-state index in [-0.39, 0.29) is 0 Å². The minimum atomic E-state index is 0.857. The molecule has 0 atom stereocenters. The summed E-state index contributed by atoms with van der Waals surface area (Å²) in [4.78, 5) is 8.51. The number of hydrogen-bond donors (Lipinski definition) is 1. The lowest BCUT2D eigenvalue weighted by Crippen LogP contribution is -1.91. The van der Waals surface area contributed by atoms with Crippen LogP contribution in [0.25, 0.3) is 11.3 Å². The Kier molecular flexibility index (Phi) is 5.84. The van der Waals surface area contributed by atoms with E-state index in [0.29, 0.717) is 0 Å². The number of benzene rings is 2. The molecule has 0 aliphatic carbocycles. The smallest absolute Gasteiger partial charge is 0.111 e. The molecule has 3 aromatic rings. The van der Waals surface area contributed by atoms with Crippen LogP contribution >= 0.6 is 0 Å². The fraction of sp³-hybridized carbons (Fsp3) is 0.318. The lowest BCUT2D eigenvalue weighted by Gasteiger charge is -2.02. The van der Waals surface area contributed by atoms with Crippen LogP contribution in [0.1, 0.15) is 49.7 Å². The maximum atomic E-state index is 4.92. The molecule has 0 aliphatic heterocycles. The van der Waals surface area contributed by atoms with Gasteiger partial charge in [-0.3, -0.25) is 0 Å². The van der Waals surface area contributed by atoms with Gasteiger partial charge in [0.25, 0.3) is 0 Å². The summed E-state index contributed by atoms with van der Waals surface area (Å²) in [6, 6.07) is 21.1. The van der Waals surface area contributed by atoms with Crippen LogP contribution in [0.15, 0.2) is 60.7 Å². The molecule has 24 heavy (non-hydrogen) atoms. The van der Waals surface area contributed by atoms with Crippen LogP contribution in [-0.2, 0) is 12.8 Å². The number of unbranched alkanes of at least 4 members (excludes halogenated alkanes) is 3. The zero-order valence-corrected chi connectivity index (χ0v) is 14.5. The first-order valence-corrected chi connectivity index (χ1v) is 9.04. The monoisotopic (exact) mass is 318 g/mol. The van der Waals surface area contributed by atoms with Crippen LogP contribution < -0.4 is 0 Å². The van der Waals surface area contributed by atoms with Crippen LogP contribution in [-0.4, -0.2) is 9.97 Å². The highest BCUT2D eigenvalue weighted by Gasteiger charge is 2.12. The molecular formula is C22H26N2. The van der Waals surface area contributed by atoms with E-state index in [4.69, 9.17) is 4.98 Å². The molecule has 2 heteroatoms. The molecule has 0 bridgehead atoms. The van der Waals surface area contributed by atoms with Crippen LogP contribution in [0.5, 0.6) is 0 Å². The van der Waals surface area contributed by atoms with Gasteiger partial charge in [0, 0.05) is 17.7 Å². The van der Waals surface area contributed by atoms with Crippen molar-refractivity contribution < 1.29 is 0 Å². The molecular weight excluding hydrogens is 292 g/mol. The average Bonchev–Trinajstić information content (AvgIpc) is 3.03. The summed E-state index contributed by atoms with van der Waals surface area (Å²) in [5, 5.41) is 0. The maximum absolute atomic E-state index is 4.92. The topological polar surface area (TPSA) is 28.7 Å². The summed E-state index contributed by atoms with van der Waals surface area (Å²) < 4.78 is 0. The van der Waals surface area contributed by atoms with Crippen molar-refractivity contribution in [3.8, 4) is 11.3 Å². The number of H-pyrrole nitrogens is 1. The first-order chi connectivity index (χ1) is 11.9. The van der Waals surface area contributed by atoms with Crippen molar-refractivity contribution in [3.63, 3.8) is 0 Å². The van der Waals surface area contributed by atoms with Crippen molar-refractivity contribution in [2.45, 2.75) is 45.4 Å². The number of rotatable bonds is 8. The zero-order chi connectivity index (χ0) is 16.6. The fourth-order valence-corrected chi connectivity index (χ4v) is 3.08. The minimum absolute atomic E-state index is 0.857. The van der Waals surface area contributed by atoms with Crippen molar-refractivity contribution in [2.24, 2.45) is 0 Å². The van der Waals surface area contributed by atoms with Gasteiger partial charge in [-0.25, -0.2) is 4.98 Å². The quantitative estimate of drug-likeness (QED) is 0.523. The Labute approximate surface area is 145 Å². The normalized spacial score (nSPS) is 10.9. The third-order valence-corrected chi connectivity index (χ3v) is 4.37. The van der Waals surface area contributed by atoms with E-state index >= 15 is 0 Å². The third-order valence-electron chi connectivity index (χ3n) is 4.37. The number of nitrogens with one attached hydrogen (secondary N) is 1. The summed E-state index contributed by atoms with van der Waals surface area (Å²) in [6.45, 7) is 2.25. The van der Waals surface area contributed by atoms with Crippen molar-refractivity contribution in [1.29, 1.82) is 0 Å². The van der Waals surface area contributed by atoms with Crippen molar-refractivity contribution >= 4 is 0 Å². The summed E-state index contributed by atoms with van der Waals surface area (Å²) in [6.07, 6.45) is 7.03. The number of hydrogen-bond acceptors (Lipinski definition) is 1. The van der Waals surface area contributed by atoms with Crippen LogP contribution in [0, 0.1) is 0 Å². The number of imidazole rings is 1. The van der Waals surface area contributed by atoms with E-state index in [9.17, 15) is 0 Å². The highest BCUT2D eigenvalue weighted by molar-refractivity contribution is 5.62. The van der Waals surface area contributed by atoms with Gasteiger partial charge in [-0.15, -0.1) is 0 Å². The second-order valence-electron chi connectivity index (χ2n) is 6.35. The first kappa shape index (κ1) is 16.5. The van der Waals surface area contributed by atoms with Crippen molar-refractivity contribution in [3.05, 3.63) is 77.7 Å². The van der Waals surface area contributed by atoms with Crippen LogP contribution in [0.3, 0.4) is 0 Å². The van der Waals surface area contributed by atoms with Crippen LogP contribution in [0.4, 0.5) is 0 Å². The Balaban J connectivity index is 1.82. The Hall–Kier alpha value is -2.35. The predicted octanol–water partition coefficient (Wildman–Crippen LogP) is 5.79. The molecule has 2 nitrogen and oxygen atoms in total. The second-order valence-corrected chi connectivity index (χ2v) is 6.35. The van der Waals surface area contributed by atoms with Crippen molar-refractivity contribution in [2.75, 3.05) is 0 Å². The van der Waals surface area contributed by atoms with Gasteiger partial charge >= 0.3 is 0 Å². The Morgan fingerprint density at radius 2 is 1.54 bits per heavy atom. The van der Waals surface area contributed by atoms with E-state index < -0.39 is 0 Å². The molecule has 1 N–H and O–H groups in total. The van der Waals surface area contributed by atoms with Gasteiger partial charge in [-0.05, 0) is 18.4 Å². The van der Waals surface area contributed by atoms with Gasteiger partial charge < -0.3 is 4.98 Å². The first-order valence-electron chi connectivity index (χ1n) is 9.04. The third kappa shape index (κ3) is 4.35. The van der Waals surface area contributed by atoms with E-state index in [1.165, 1.54) is 42.5 Å². The second kappa shape index (κ2) is 8.49. The van der Waals surface area contributed by atoms with Crippen molar-refractivity contribution in [1.82, 2.24) is 9.97 Å². The lowest BCUT2D eigenvalue weighted by atomic mass is 10.1. The Bertz CT molecular complexity index is 729.